The van der Waals surface area contributed by atoms with Crippen LogP contribution < -0.4 is 5.32 Å². The first-order chi connectivity index (χ1) is 15.3. The maximum Gasteiger partial charge on any atom is 0.335 e. The summed E-state index contributed by atoms with van der Waals surface area (Å²) in [7, 11) is 0. The van der Waals surface area contributed by atoms with Crippen molar-refractivity contribution in [2.75, 3.05) is 11.9 Å². The number of amides is 2. The van der Waals surface area contributed by atoms with Crippen LogP contribution in [0.2, 0.25) is 5.02 Å². The minimum Gasteiger partial charge on any atom is -0.478 e. The van der Waals surface area contributed by atoms with Crippen LogP contribution in [-0.2, 0) is 9.59 Å². The van der Waals surface area contributed by atoms with Gasteiger partial charge in [0.2, 0.25) is 5.91 Å². The van der Waals surface area contributed by atoms with Crippen molar-refractivity contribution in [3.63, 3.8) is 0 Å². The van der Waals surface area contributed by atoms with Crippen LogP contribution >= 0.6 is 35.6 Å². The Morgan fingerprint density at radius 3 is 2.59 bits per heavy atom. The summed E-state index contributed by atoms with van der Waals surface area (Å²) in [6.45, 7) is 0.505. The normalized spacial score (nSPS) is 14.8. The second-order valence-corrected chi connectivity index (χ2v) is 9.24. The predicted molar refractivity (Wildman–Crippen MR) is 132 cm³/mol. The van der Waals surface area contributed by atoms with Crippen LogP contribution in [0.25, 0.3) is 6.08 Å². The third-order valence-corrected chi connectivity index (χ3v) is 6.35. The number of aromatic carboxylic acids is 1. The zero-order chi connectivity index (χ0) is 23.1. The predicted octanol–water partition coefficient (Wildman–Crippen LogP) is 5.44. The van der Waals surface area contributed by atoms with Gasteiger partial charge in [0.1, 0.15) is 4.32 Å². The van der Waals surface area contributed by atoms with Gasteiger partial charge in [0.15, 0.2) is 0 Å². The summed E-state index contributed by atoms with van der Waals surface area (Å²) >= 11 is 12.5. The minimum absolute atomic E-state index is 0.106. The fourth-order valence-corrected chi connectivity index (χ4v) is 4.52. The van der Waals surface area contributed by atoms with Crippen LogP contribution in [0.1, 0.15) is 41.6 Å². The lowest BCUT2D eigenvalue weighted by molar-refractivity contribution is -0.122. The topological polar surface area (TPSA) is 86.7 Å². The molecule has 0 bridgehead atoms. The maximum absolute atomic E-state index is 12.7. The average Bonchev–Trinajstić information content (AvgIpc) is 3.02. The summed E-state index contributed by atoms with van der Waals surface area (Å²) in [5.74, 6) is -1.32. The number of unbranched alkanes of at least 4 members (excludes halogenated alkanes) is 2. The van der Waals surface area contributed by atoms with Gasteiger partial charge in [-0.2, -0.15) is 0 Å². The SMILES string of the molecule is O=C(CCCCCN1C(=O)C(=Cc2ccc(Cl)cc2)SC1=S)Nc1cccc(C(=O)O)c1. The van der Waals surface area contributed by atoms with Crippen molar-refractivity contribution in [2.45, 2.75) is 25.7 Å². The average molecular weight is 489 g/mol. The Hall–Kier alpha value is -2.68. The first-order valence-electron chi connectivity index (χ1n) is 9.97. The number of carbonyl (C=O) groups is 3. The molecule has 0 saturated carbocycles. The Bertz CT molecular complexity index is 1070. The monoisotopic (exact) mass is 488 g/mol. The molecule has 32 heavy (non-hydrogen) atoms. The smallest absolute Gasteiger partial charge is 0.335 e. The lowest BCUT2D eigenvalue weighted by Crippen LogP contribution is -2.29. The first kappa shape index (κ1) is 24.0. The number of thioether (sulfide) groups is 1. The third kappa shape index (κ3) is 6.66. The van der Waals surface area contributed by atoms with Crippen LogP contribution in [0.15, 0.2) is 53.4 Å². The molecule has 2 N–H and O–H groups in total. The molecule has 2 aromatic carbocycles. The van der Waals surface area contributed by atoms with Gasteiger partial charge in [-0.05, 0) is 54.8 Å². The molecule has 1 aliphatic rings. The van der Waals surface area contributed by atoms with Crippen LogP contribution in [0.3, 0.4) is 0 Å². The molecule has 0 unspecified atom stereocenters. The summed E-state index contributed by atoms with van der Waals surface area (Å²) in [5, 5.41) is 12.4. The van der Waals surface area contributed by atoms with E-state index in [1.165, 1.54) is 23.9 Å². The van der Waals surface area contributed by atoms with E-state index >= 15 is 0 Å². The number of anilines is 1. The van der Waals surface area contributed by atoms with E-state index in [2.05, 4.69) is 5.32 Å². The summed E-state index contributed by atoms with van der Waals surface area (Å²) in [6.07, 6.45) is 4.25. The van der Waals surface area contributed by atoms with Crippen LogP contribution in [0.4, 0.5) is 5.69 Å². The lowest BCUT2D eigenvalue weighted by atomic mass is 10.1. The van der Waals surface area contributed by atoms with Gasteiger partial charge in [-0.3, -0.25) is 14.5 Å². The Morgan fingerprint density at radius 2 is 1.88 bits per heavy atom. The number of benzene rings is 2. The highest BCUT2D eigenvalue weighted by Gasteiger charge is 2.31. The van der Waals surface area contributed by atoms with Crippen molar-refractivity contribution in [1.82, 2.24) is 4.90 Å². The fourth-order valence-electron chi connectivity index (χ4n) is 3.09. The number of carboxylic acid groups (broad SMARTS) is 1. The summed E-state index contributed by atoms with van der Waals surface area (Å²) in [4.78, 5) is 37.9. The number of hydrogen-bond donors (Lipinski definition) is 2. The molecule has 0 atom stereocenters. The Kier molecular flexibility index (Phi) is 8.44. The molecule has 1 saturated heterocycles. The van der Waals surface area contributed by atoms with Gasteiger partial charge >= 0.3 is 5.97 Å². The second-order valence-electron chi connectivity index (χ2n) is 7.13. The molecule has 1 aliphatic heterocycles. The van der Waals surface area contributed by atoms with Gasteiger partial charge < -0.3 is 10.4 Å². The number of nitrogens with one attached hydrogen (secondary N) is 1. The molecule has 0 spiro atoms. The van der Waals surface area contributed by atoms with Crippen molar-refractivity contribution in [2.24, 2.45) is 0 Å². The van der Waals surface area contributed by atoms with Crippen LogP contribution in [0, 0.1) is 0 Å². The van der Waals surface area contributed by atoms with E-state index in [1.54, 1.807) is 35.2 Å². The van der Waals surface area contributed by atoms with E-state index in [9.17, 15) is 14.4 Å². The van der Waals surface area contributed by atoms with Gasteiger partial charge in [0.25, 0.3) is 5.91 Å². The Labute approximate surface area is 200 Å². The molecule has 3 rings (SSSR count). The molecule has 6 nitrogen and oxygen atoms in total. The van der Waals surface area contributed by atoms with E-state index in [0.717, 1.165) is 18.4 Å². The summed E-state index contributed by atoms with van der Waals surface area (Å²) in [5.41, 5.74) is 1.46. The highest BCUT2D eigenvalue weighted by molar-refractivity contribution is 8.26. The summed E-state index contributed by atoms with van der Waals surface area (Å²) in [6, 6.07) is 13.4. The zero-order valence-corrected chi connectivity index (χ0v) is 19.4. The molecule has 1 fully saturated rings. The Balaban J connectivity index is 1.41. The first-order valence-corrected chi connectivity index (χ1v) is 11.6. The van der Waals surface area contributed by atoms with E-state index < -0.39 is 5.97 Å². The molecular formula is C23H21ClN2O4S2. The van der Waals surface area contributed by atoms with Gasteiger partial charge in [0.05, 0.1) is 10.5 Å². The standard InChI is InChI=1S/C23H21ClN2O4S2/c24-17-10-8-15(9-11-17)13-19-21(28)26(23(31)32-19)12-3-1-2-7-20(27)25-18-6-4-5-16(14-18)22(29)30/h4-6,8-11,13-14H,1-3,7,12H2,(H,25,27)(H,29,30). The van der Waals surface area contributed by atoms with E-state index in [-0.39, 0.29) is 17.4 Å². The summed E-state index contributed by atoms with van der Waals surface area (Å²) < 4.78 is 0.534. The number of carbonyl (C=O) groups excluding carboxylic acids is 2. The van der Waals surface area contributed by atoms with Crippen molar-refractivity contribution < 1.29 is 19.5 Å². The van der Waals surface area contributed by atoms with Gasteiger partial charge in [-0.1, -0.05) is 60.2 Å². The van der Waals surface area contributed by atoms with E-state index in [4.69, 9.17) is 28.9 Å². The number of nitrogens with zero attached hydrogens (tertiary/aromatic N) is 1. The molecule has 2 aromatic rings. The number of rotatable bonds is 9. The van der Waals surface area contributed by atoms with Crippen molar-refractivity contribution >= 4 is 69.4 Å². The number of hydrogen-bond acceptors (Lipinski definition) is 5. The van der Waals surface area contributed by atoms with E-state index in [0.29, 0.717) is 39.3 Å². The highest BCUT2D eigenvalue weighted by atomic mass is 35.5. The van der Waals surface area contributed by atoms with Crippen LogP contribution in [0.5, 0.6) is 0 Å². The van der Waals surface area contributed by atoms with Crippen LogP contribution in [-0.4, -0.2) is 38.7 Å². The van der Waals surface area contributed by atoms with Crippen molar-refractivity contribution in [1.29, 1.82) is 0 Å². The molecular weight excluding hydrogens is 468 g/mol. The largest absolute Gasteiger partial charge is 0.478 e. The number of thiocarbonyl (C=S) groups is 1. The molecule has 0 aliphatic carbocycles. The van der Waals surface area contributed by atoms with Crippen molar-refractivity contribution in [3.05, 3.63) is 69.6 Å². The molecule has 166 valence electrons. The van der Waals surface area contributed by atoms with Gasteiger partial charge in [-0.25, -0.2) is 4.79 Å². The zero-order valence-electron chi connectivity index (χ0n) is 17.0. The van der Waals surface area contributed by atoms with Crippen molar-refractivity contribution in [3.8, 4) is 0 Å². The quantitative estimate of drug-likeness (QED) is 0.278. The third-order valence-electron chi connectivity index (χ3n) is 4.72. The molecule has 0 radical (unpaired) electrons. The second kappa shape index (κ2) is 11.3. The van der Waals surface area contributed by atoms with Gasteiger partial charge in [0, 0.05) is 23.7 Å². The fraction of sp³-hybridized carbons (Fsp3) is 0.217. The maximum atomic E-state index is 12.7. The lowest BCUT2D eigenvalue weighted by Gasteiger charge is -2.14. The minimum atomic E-state index is -1.04. The molecule has 1 heterocycles. The highest BCUT2D eigenvalue weighted by Crippen LogP contribution is 2.33. The number of carboxylic acids is 1. The van der Waals surface area contributed by atoms with E-state index in [1.807, 2.05) is 12.1 Å². The molecule has 0 aromatic heterocycles. The molecule has 2 amide bonds. The van der Waals surface area contributed by atoms with Gasteiger partial charge in [-0.15, -0.1) is 0 Å². The Morgan fingerprint density at radius 1 is 1.12 bits per heavy atom. The molecule has 9 heteroatoms. The number of halogens is 1.